The van der Waals surface area contributed by atoms with Gasteiger partial charge in [0.2, 0.25) is 0 Å². The van der Waals surface area contributed by atoms with Gasteiger partial charge in [-0.25, -0.2) is 9.97 Å². The lowest BCUT2D eigenvalue weighted by Crippen LogP contribution is -2.29. The van der Waals surface area contributed by atoms with E-state index in [1.54, 1.807) is 0 Å². The number of unbranched alkanes of at least 4 members (excludes halogenated alkanes) is 5. The molecule has 6 heteroatoms. The standard InChI is InChI=1S/C23H27N5S/c1-2-3-4-5-6-9-14-24-23(29)25-16-12-13-18-17(15-16)21-22(27-18)28-20-11-8-7-10-19(20)26-21/h7-8,10-13,15H,2-6,9,14H2,1H3,(H,27,28)(H2,24,25,29). The van der Waals surface area contributed by atoms with Gasteiger partial charge in [-0.15, -0.1) is 0 Å². The van der Waals surface area contributed by atoms with E-state index in [4.69, 9.17) is 22.2 Å². The van der Waals surface area contributed by atoms with Crippen molar-refractivity contribution < 1.29 is 0 Å². The molecule has 0 aliphatic rings. The summed E-state index contributed by atoms with van der Waals surface area (Å²) in [5, 5.41) is 8.31. The van der Waals surface area contributed by atoms with E-state index < -0.39 is 0 Å². The van der Waals surface area contributed by atoms with E-state index in [0.29, 0.717) is 5.11 Å². The molecule has 5 nitrogen and oxygen atoms in total. The number of nitrogens with one attached hydrogen (secondary N) is 3. The Labute approximate surface area is 176 Å². The van der Waals surface area contributed by atoms with Gasteiger partial charge in [0.1, 0.15) is 5.52 Å². The van der Waals surface area contributed by atoms with Crippen molar-refractivity contribution in [2.24, 2.45) is 0 Å². The summed E-state index contributed by atoms with van der Waals surface area (Å²) in [6.45, 7) is 3.15. The molecule has 0 atom stereocenters. The number of thiocarbonyl (C=S) groups is 1. The van der Waals surface area contributed by atoms with Crippen LogP contribution in [0, 0.1) is 0 Å². The summed E-state index contributed by atoms with van der Waals surface area (Å²) in [4.78, 5) is 12.9. The van der Waals surface area contributed by atoms with Gasteiger partial charge in [0.25, 0.3) is 0 Å². The molecule has 0 radical (unpaired) electrons. The Morgan fingerprint density at radius 1 is 0.966 bits per heavy atom. The maximum absolute atomic E-state index is 5.46. The van der Waals surface area contributed by atoms with Gasteiger partial charge in [-0.1, -0.05) is 51.2 Å². The zero-order chi connectivity index (χ0) is 20.1. The second-order valence-corrected chi connectivity index (χ2v) is 7.85. The van der Waals surface area contributed by atoms with E-state index >= 15 is 0 Å². The molecular weight excluding hydrogens is 378 g/mol. The summed E-state index contributed by atoms with van der Waals surface area (Å²) in [7, 11) is 0. The van der Waals surface area contributed by atoms with Crippen LogP contribution in [0.15, 0.2) is 42.5 Å². The van der Waals surface area contributed by atoms with Crippen LogP contribution in [0.3, 0.4) is 0 Å². The van der Waals surface area contributed by atoms with Crippen molar-refractivity contribution >= 4 is 56.1 Å². The molecular formula is C23H27N5S. The molecule has 0 amide bonds. The Hall–Kier alpha value is -2.73. The molecule has 3 N–H and O–H groups in total. The molecule has 0 unspecified atom stereocenters. The number of aromatic amines is 1. The Morgan fingerprint density at radius 3 is 2.55 bits per heavy atom. The maximum Gasteiger partial charge on any atom is 0.170 e. The third-order valence-corrected chi connectivity index (χ3v) is 5.42. The van der Waals surface area contributed by atoms with E-state index in [0.717, 1.165) is 51.8 Å². The van der Waals surface area contributed by atoms with Crippen LogP contribution in [0.5, 0.6) is 0 Å². The number of hydrogen-bond acceptors (Lipinski definition) is 3. The molecule has 2 heterocycles. The molecule has 0 aliphatic heterocycles. The summed E-state index contributed by atoms with van der Waals surface area (Å²) in [5.41, 5.74) is 5.45. The second-order valence-electron chi connectivity index (χ2n) is 7.44. The van der Waals surface area contributed by atoms with Crippen molar-refractivity contribution in [3.8, 4) is 0 Å². The molecule has 0 bridgehead atoms. The second kappa shape index (κ2) is 9.18. The molecule has 0 saturated carbocycles. The number of aromatic nitrogens is 3. The average Bonchev–Trinajstić information content (AvgIpc) is 3.08. The molecule has 2 aromatic carbocycles. The van der Waals surface area contributed by atoms with E-state index in [2.05, 4.69) is 28.6 Å². The van der Waals surface area contributed by atoms with Crippen molar-refractivity contribution in [1.82, 2.24) is 20.3 Å². The molecule has 4 aromatic rings. The number of anilines is 1. The van der Waals surface area contributed by atoms with Gasteiger partial charge in [-0.3, -0.25) is 0 Å². The fourth-order valence-corrected chi connectivity index (χ4v) is 3.83. The lowest BCUT2D eigenvalue weighted by Gasteiger charge is -2.10. The smallest absolute Gasteiger partial charge is 0.170 e. The highest BCUT2D eigenvalue weighted by Gasteiger charge is 2.10. The Bertz CT molecular complexity index is 1130. The van der Waals surface area contributed by atoms with Gasteiger partial charge >= 0.3 is 0 Å². The van der Waals surface area contributed by atoms with Crippen LogP contribution in [-0.4, -0.2) is 26.6 Å². The zero-order valence-corrected chi connectivity index (χ0v) is 17.6. The summed E-state index contributed by atoms with van der Waals surface area (Å²) in [5.74, 6) is 0. The summed E-state index contributed by atoms with van der Waals surface area (Å²) in [6, 6.07) is 14.1. The van der Waals surface area contributed by atoms with Gasteiger partial charge in [-0.05, 0) is 49.0 Å². The van der Waals surface area contributed by atoms with Gasteiger partial charge in [0.15, 0.2) is 10.8 Å². The fourth-order valence-electron chi connectivity index (χ4n) is 3.61. The Balaban J connectivity index is 1.42. The minimum atomic E-state index is 0.661. The molecule has 29 heavy (non-hydrogen) atoms. The summed E-state index contributed by atoms with van der Waals surface area (Å²) >= 11 is 5.46. The number of fused-ring (bicyclic) bond motifs is 4. The van der Waals surface area contributed by atoms with Crippen LogP contribution in [0.4, 0.5) is 5.69 Å². The first kappa shape index (κ1) is 19.6. The van der Waals surface area contributed by atoms with E-state index in [9.17, 15) is 0 Å². The highest BCUT2D eigenvalue weighted by Crippen LogP contribution is 2.27. The first-order chi connectivity index (χ1) is 14.2. The van der Waals surface area contributed by atoms with Gasteiger partial charge in [0.05, 0.1) is 11.0 Å². The van der Waals surface area contributed by atoms with Crippen molar-refractivity contribution in [3.05, 3.63) is 42.5 Å². The van der Waals surface area contributed by atoms with E-state index in [-0.39, 0.29) is 0 Å². The van der Waals surface area contributed by atoms with Crippen LogP contribution >= 0.6 is 12.2 Å². The van der Waals surface area contributed by atoms with Crippen molar-refractivity contribution in [2.45, 2.75) is 45.4 Å². The highest BCUT2D eigenvalue weighted by atomic mass is 32.1. The van der Waals surface area contributed by atoms with Gasteiger partial charge in [-0.2, -0.15) is 0 Å². The SMILES string of the molecule is CCCCCCCCNC(=S)Nc1ccc2[nH]c3nc4ccccc4nc3c2c1. The maximum atomic E-state index is 5.46. The van der Waals surface area contributed by atoms with Crippen LogP contribution in [0.2, 0.25) is 0 Å². The molecule has 0 saturated heterocycles. The topological polar surface area (TPSA) is 65.6 Å². The largest absolute Gasteiger partial charge is 0.362 e. The van der Waals surface area contributed by atoms with Crippen LogP contribution in [0.1, 0.15) is 45.4 Å². The van der Waals surface area contributed by atoms with Crippen LogP contribution in [0.25, 0.3) is 33.1 Å². The lowest BCUT2D eigenvalue weighted by atomic mass is 10.1. The minimum Gasteiger partial charge on any atom is -0.362 e. The minimum absolute atomic E-state index is 0.661. The fraction of sp³-hybridized carbons (Fsp3) is 0.348. The van der Waals surface area contributed by atoms with Crippen molar-refractivity contribution in [2.75, 3.05) is 11.9 Å². The molecule has 2 aromatic heterocycles. The molecule has 0 aliphatic carbocycles. The normalized spacial score (nSPS) is 11.3. The summed E-state index contributed by atoms with van der Waals surface area (Å²) in [6.07, 6.45) is 7.67. The van der Waals surface area contributed by atoms with Crippen LogP contribution < -0.4 is 10.6 Å². The van der Waals surface area contributed by atoms with Gasteiger partial charge in [0, 0.05) is 23.1 Å². The molecule has 4 rings (SSSR count). The van der Waals surface area contributed by atoms with Gasteiger partial charge < -0.3 is 15.6 Å². The third kappa shape index (κ3) is 4.65. The Morgan fingerprint density at radius 2 is 1.72 bits per heavy atom. The number of H-pyrrole nitrogens is 1. The quantitative estimate of drug-likeness (QED) is 0.251. The monoisotopic (exact) mass is 405 g/mol. The highest BCUT2D eigenvalue weighted by molar-refractivity contribution is 7.80. The van der Waals surface area contributed by atoms with Crippen molar-refractivity contribution in [1.29, 1.82) is 0 Å². The number of nitrogens with zero attached hydrogens (tertiary/aromatic N) is 2. The first-order valence-electron chi connectivity index (χ1n) is 10.5. The Kier molecular flexibility index (Phi) is 6.20. The van der Waals surface area contributed by atoms with E-state index in [1.165, 1.54) is 32.1 Å². The number of benzene rings is 2. The molecule has 0 fully saturated rings. The lowest BCUT2D eigenvalue weighted by molar-refractivity contribution is 0.603. The zero-order valence-electron chi connectivity index (χ0n) is 16.8. The van der Waals surface area contributed by atoms with Crippen molar-refractivity contribution in [3.63, 3.8) is 0 Å². The third-order valence-electron chi connectivity index (χ3n) is 5.17. The first-order valence-corrected chi connectivity index (χ1v) is 10.9. The number of para-hydroxylation sites is 2. The number of rotatable bonds is 8. The van der Waals surface area contributed by atoms with Crippen LogP contribution in [-0.2, 0) is 0 Å². The predicted octanol–water partition coefficient (Wildman–Crippen LogP) is 5.91. The predicted molar refractivity (Wildman–Crippen MR) is 127 cm³/mol. The number of hydrogen-bond donors (Lipinski definition) is 3. The average molecular weight is 406 g/mol. The van der Waals surface area contributed by atoms with E-state index in [1.807, 2.05) is 36.4 Å². The molecule has 0 spiro atoms. The summed E-state index contributed by atoms with van der Waals surface area (Å²) < 4.78 is 0. The molecule has 150 valence electrons.